The van der Waals surface area contributed by atoms with E-state index < -0.39 is 5.97 Å². The molecule has 1 aromatic carbocycles. The largest absolute Gasteiger partial charge is 0.462 e. The summed E-state index contributed by atoms with van der Waals surface area (Å²) in [4.78, 5) is 15.7. The lowest BCUT2D eigenvalue weighted by molar-refractivity contribution is 0.0528. The third-order valence-corrected chi connectivity index (χ3v) is 3.43. The number of hydrogen-bond donors (Lipinski definition) is 0. The molecule has 2 rings (SSSR count). The first-order valence-corrected chi connectivity index (χ1v) is 6.29. The minimum absolute atomic E-state index is 0.271. The Morgan fingerprint density at radius 1 is 1.39 bits per heavy atom. The minimum atomic E-state index is -0.469. The lowest BCUT2D eigenvalue weighted by Gasteiger charge is -1.96. The van der Waals surface area contributed by atoms with E-state index in [0.717, 1.165) is 10.4 Å². The molecule has 0 saturated heterocycles. The van der Waals surface area contributed by atoms with E-state index in [1.807, 2.05) is 30.3 Å². The number of nitrogens with zero attached hydrogens (tertiary/aromatic N) is 2. The Morgan fingerprint density at radius 3 is 2.72 bits per heavy atom. The van der Waals surface area contributed by atoms with Crippen LogP contribution in [0.3, 0.4) is 0 Å². The number of ether oxygens (including phenoxy) is 1. The first-order chi connectivity index (χ1) is 8.76. The van der Waals surface area contributed by atoms with E-state index in [9.17, 15) is 4.79 Å². The second kappa shape index (κ2) is 5.43. The number of esters is 1. The number of diazo groups is 1. The molecule has 0 unspecified atom stereocenters. The SMILES string of the molecule is CCOC(=O)c1cc(-c2ccccc2)sc1[N+]#N. The summed E-state index contributed by atoms with van der Waals surface area (Å²) in [5.41, 5.74) is 1.27. The Bertz CT molecular complexity index is 599. The highest BCUT2D eigenvalue weighted by molar-refractivity contribution is 7.20. The molecule has 0 aliphatic rings. The number of carbonyl (C=O) groups is 1. The van der Waals surface area contributed by atoms with Crippen LogP contribution in [-0.2, 0) is 4.74 Å². The fraction of sp³-hybridized carbons (Fsp3) is 0.154. The van der Waals surface area contributed by atoms with Crippen molar-refractivity contribution in [1.29, 1.82) is 5.39 Å². The quantitative estimate of drug-likeness (QED) is 0.616. The molecule has 2 aromatic rings. The van der Waals surface area contributed by atoms with Gasteiger partial charge in [-0.25, -0.2) is 4.79 Å². The second-order valence-corrected chi connectivity index (χ2v) is 4.55. The number of rotatable bonds is 3. The van der Waals surface area contributed by atoms with Gasteiger partial charge in [-0.15, -0.1) is 0 Å². The molecule has 1 aromatic heterocycles. The summed E-state index contributed by atoms with van der Waals surface area (Å²) in [6.07, 6.45) is 0. The summed E-state index contributed by atoms with van der Waals surface area (Å²) in [6, 6.07) is 11.3. The molecule has 5 heteroatoms. The summed E-state index contributed by atoms with van der Waals surface area (Å²) in [6.45, 7) is 2.03. The standard InChI is InChI=1S/C13H11N2O2S/c1-2-17-13(16)10-8-11(18-12(10)15-14)9-6-4-3-5-7-9/h3-8H,2H2,1H3/q+1. The third kappa shape index (κ3) is 2.39. The van der Waals surface area contributed by atoms with Crippen molar-refractivity contribution in [2.45, 2.75) is 6.92 Å². The molecule has 0 bridgehead atoms. The van der Waals surface area contributed by atoms with Crippen LogP contribution in [0, 0.1) is 5.39 Å². The van der Waals surface area contributed by atoms with E-state index in [-0.39, 0.29) is 5.00 Å². The molecular formula is C13H11N2O2S+. The van der Waals surface area contributed by atoms with Crippen LogP contribution in [0.2, 0.25) is 0 Å². The minimum Gasteiger partial charge on any atom is -0.462 e. The fourth-order valence-electron chi connectivity index (χ4n) is 1.56. The van der Waals surface area contributed by atoms with E-state index >= 15 is 0 Å². The van der Waals surface area contributed by atoms with Crippen molar-refractivity contribution in [2.75, 3.05) is 6.61 Å². The van der Waals surface area contributed by atoms with E-state index in [1.54, 1.807) is 13.0 Å². The molecule has 90 valence electrons. The molecule has 0 atom stereocenters. The van der Waals surface area contributed by atoms with Crippen LogP contribution >= 0.6 is 11.3 Å². The van der Waals surface area contributed by atoms with Crippen LogP contribution in [0.15, 0.2) is 36.4 Å². The maximum Gasteiger partial charge on any atom is 0.455 e. The average Bonchev–Trinajstić information content (AvgIpc) is 2.84. The Hall–Kier alpha value is -2.19. The average molecular weight is 259 g/mol. The highest BCUT2D eigenvalue weighted by Crippen LogP contribution is 2.37. The van der Waals surface area contributed by atoms with Gasteiger partial charge in [0.1, 0.15) is 0 Å². The van der Waals surface area contributed by atoms with E-state index in [0.29, 0.717) is 12.2 Å². The van der Waals surface area contributed by atoms with Crippen LogP contribution in [0.5, 0.6) is 0 Å². The summed E-state index contributed by atoms with van der Waals surface area (Å²) in [5, 5.41) is 9.19. The highest BCUT2D eigenvalue weighted by atomic mass is 32.1. The molecule has 4 nitrogen and oxygen atoms in total. The summed E-state index contributed by atoms with van der Waals surface area (Å²) < 4.78 is 4.92. The Labute approximate surface area is 108 Å². The van der Waals surface area contributed by atoms with Gasteiger partial charge in [-0.05, 0) is 29.9 Å². The highest BCUT2D eigenvalue weighted by Gasteiger charge is 2.26. The molecule has 0 spiro atoms. The molecule has 0 N–H and O–H groups in total. The molecule has 1 heterocycles. The van der Waals surface area contributed by atoms with Crippen LogP contribution < -0.4 is 0 Å². The third-order valence-electron chi connectivity index (χ3n) is 2.36. The van der Waals surface area contributed by atoms with Gasteiger partial charge in [-0.2, -0.15) is 0 Å². The summed E-state index contributed by atoms with van der Waals surface area (Å²) in [7, 11) is 0. The zero-order valence-corrected chi connectivity index (χ0v) is 10.6. The number of benzene rings is 1. The van der Waals surface area contributed by atoms with Gasteiger partial charge >= 0.3 is 11.0 Å². The Morgan fingerprint density at radius 2 is 2.11 bits per heavy atom. The van der Waals surface area contributed by atoms with E-state index in [1.165, 1.54) is 11.3 Å². The summed E-state index contributed by atoms with van der Waals surface area (Å²) in [5.74, 6) is -0.469. The number of hydrogen-bond acceptors (Lipinski definition) is 4. The molecule has 0 amide bonds. The maximum atomic E-state index is 11.7. The molecule has 0 aliphatic heterocycles. The predicted octanol–water partition coefficient (Wildman–Crippen LogP) is 4.08. The van der Waals surface area contributed by atoms with Crippen molar-refractivity contribution in [1.82, 2.24) is 0 Å². The molecule has 0 radical (unpaired) electrons. The van der Waals surface area contributed by atoms with Gasteiger partial charge in [0.05, 0.1) is 6.61 Å². The van der Waals surface area contributed by atoms with Crippen molar-refractivity contribution in [2.24, 2.45) is 0 Å². The molecule has 0 aliphatic carbocycles. The number of carbonyl (C=O) groups excluding carboxylic acids is 1. The van der Waals surface area contributed by atoms with Crippen molar-refractivity contribution in [3.8, 4) is 10.4 Å². The zero-order chi connectivity index (χ0) is 13.0. The Balaban J connectivity index is 2.42. The van der Waals surface area contributed by atoms with Crippen LogP contribution in [0.4, 0.5) is 5.00 Å². The molecular weight excluding hydrogens is 248 g/mol. The van der Waals surface area contributed by atoms with Gasteiger partial charge in [-0.1, -0.05) is 30.3 Å². The monoisotopic (exact) mass is 259 g/mol. The topological polar surface area (TPSA) is 54.5 Å². The normalized spacial score (nSPS) is 9.78. The van der Waals surface area contributed by atoms with Gasteiger partial charge in [0, 0.05) is 4.88 Å². The zero-order valence-electron chi connectivity index (χ0n) is 9.79. The second-order valence-electron chi connectivity index (χ2n) is 3.52. The van der Waals surface area contributed by atoms with Crippen LogP contribution in [0.25, 0.3) is 15.4 Å². The predicted molar refractivity (Wildman–Crippen MR) is 70.5 cm³/mol. The van der Waals surface area contributed by atoms with E-state index in [4.69, 9.17) is 10.1 Å². The molecule has 0 fully saturated rings. The molecule has 18 heavy (non-hydrogen) atoms. The first kappa shape index (κ1) is 12.3. The lowest BCUT2D eigenvalue weighted by Crippen LogP contribution is -2.02. The first-order valence-electron chi connectivity index (χ1n) is 5.47. The van der Waals surface area contributed by atoms with Gasteiger partial charge in [0.25, 0.3) is 0 Å². The summed E-state index contributed by atoms with van der Waals surface area (Å²) >= 11 is 1.25. The van der Waals surface area contributed by atoms with Crippen molar-refractivity contribution >= 4 is 22.3 Å². The van der Waals surface area contributed by atoms with E-state index in [2.05, 4.69) is 4.98 Å². The number of thiophene rings is 1. The van der Waals surface area contributed by atoms with Crippen molar-refractivity contribution < 1.29 is 9.53 Å². The Kier molecular flexibility index (Phi) is 3.70. The maximum absolute atomic E-state index is 11.7. The smallest absolute Gasteiger partial charge is 0.455 e. The van der Waals surface area contributed by atoms with Crippen molar-refractivity contribution in [3.05, 3.63) is 46.9 Å². The molecule has 0 saturated carbocycles. The lowest BCUT2D eigenvalue weighted by atomic mass is 10.1. The fourth-order valence-corrected chi connectivity index (χ4v) is 2.49. The van der Waals surface area contributed by atoms with Gasteiger partial charge < -0.3 is 4.74 Å². The van der Waals surface area contributed by atoms with Crippen LogP contribution in [0.1, 0.15) is 17.3 Å². The van der Waals surface area contributed by atoms with Gasteiger partial charge in [0.15, 0.2) is 10.5 Å². The van der Waals surface area contributed by atoms with Gasteiger partial charge in [0.2, 0.25) is 5.39 Å². The van der Waals surface area contributed by atoms with Gasteiger partial charge in [-0.3, -0.25) is 0 Å². The van der Waals surface area contributed by atoms with Crippen LogP contribution in [-0.4, -0.2) is 12.6 Å². The van der Waals surface area contributed by atoms with Crippen molar-refractivity contribution in [3.63, 3.8) is 0 Å².